The molecule has 3 N–H and O–H groups in total. The molecule has 0 bridgehead atoms. The predicted octanol–water partition coefficient (Wildman–Crippen LogP) is 4.24. The van der Waals surface area contributed by atoms with Gasteiger partial charge >= 0.3 is 0 Å². The molecule has 4 aromatic rings. The summed E-state index contributed by atoms with van der Waals surface area (Å²) in [6, 6.07) is 11.0. The van der Waals surface area contributed by atoms with E-state index in [9.17, 15) is 37.5 Å². The molecule has 2 aromatic carbocycles. The third kappa shape index (κ3) is 7.19. The largest absolute Gasteiger partial charge is 0.388 e. The summed E-state index contributed by atoms with van der Waals surface area (Å²) >= 11 is 0. The Morgan fingerprint density at radius 2 is 1.57 bits per heavy atom. The van der Waals surface area contributed by atoms with Gasteiger partial charge in [-0.1, -0.05) is 0 Å². The van der Waals surface area contributed by atoms with Gasteiger partial charge in [0.15, 0.2) is 9.84 Å². The molecule has 4 amide bonds. The molecule has 18 heteroatoms. The van der Waals surface area contributed by atoms with Crippen molar-refractivity contribution in [2.24, 2.45) is 5.41 Å². The minimum Gasteiger partial charge on any atom is -0.388 e. The summed E-state index contributed by atoms with van der Waals surface area (Å²) < 4.78 is 44.7. The topological polar surface area (TPSA) is 204 Å². The molecule has 4 aliphatic heterocycles. The third-order valence-electron chi connectivity index (χ3n) is 14.7. The number of hydrogen-bond donors (Lipinski definition) is 3. The lowest BCUT2D eigenvalue weighted by Gasteiger charge is -2.56. The number of aromatic nitrogens is 3. The molecule has 1 unspecified atom stereocenters. The first-order valence-electron chi connectivity index (χ1n) is 21.9. The zero-order valence-corrected chi connectivity index (χ0v) is 35.7. The Kier molecular flexibility index (Phi) is 10.1. The van der Waals surface area contributed by atoms with E-state index in [0.29, 0.717) is 74.6 Å². The van der Waals surface area contributed by atoms with Crippen molar-refractivity contribution in [3.8, 4) is 0 Å². The lowest BCUT2D eigenvalue weighted by atomic mass is 9.59. The van der Waals surface area contributed by atoms with Crippen LogP contribution in [0.15, 0.2) is 64.4 Å². The van der Waals surface area contributed by atoms with Crippen molar-refractivity contribution in [3.05, 3.63) is 82.0 Å². The van der Waals surface area contributed by atoms with Crippen LogP contribution in [0.25, 0.3) is 11.0 Å². The van der Waals surface area contributed by atoms with Gasteiger partial charge in [-0.05, 0) is 132 Å². The quantitative estimate of drug-likeness (QED) is 0.212. The number of pyridine rings is 1. The number of imide groups is 2. The fourth-order valence-electron chi connectivity index (χ4n) is 11.1. The second-order valence-corrected chi connectivity index (χ2v) is 20.8. The smallest absolute Gasteiger partial charge is 0.262 e. The lowest BCUT2D eigenvalue weighted by molar-refractivity contribution is -0.136. The molecule has 6 aliphatic rings. The van der Waals surface area contributed by atoms with Crippen molar-refractivity contribution >= 4 is 61.8 Å². The number of carbonyl (C=O) groups is 4. The number of benzene rings is 2. The SMILES string of the molecule is C[C@@]1(O)CCC[C@H]1n1c(=O)ccc2cnc(Nc3ccc(S(=O)(=O)C4CCN(C5CC6(CCN(c7cc8c(cc7F)C(=O)N(C7CCC(=O)NC7=O)C8=O)CC6)C5)CC4)cc3)nc21. The maximum absolute atomic E-state index is 15.5. The van der Waals surface area contributed by atoms with Crippen molar-refractivity contribution in [1.29, 1.82) is 0 Å². The monoisotopic (exact) mass is 880 g/mol. The molecule has 5 fully saturated rings. The van der Waals surface area contributed by atoms with Gasteiger partial charge < -0.3 is 20.2 Å². The van der Waals surface area contributed by atoms with Crippen LogP contribution in [0.2, 0.25) is 0 Å². The van der Waals surface area contributed by atoms with E-state index in [-0.39, 0.29) is 51.5 Å². The van der Waals surface area contributed by atoms with Crippen LogP contribution < -0.4 is 21.1 Å². The molecule has 2 aromatic heterocycles. The molecule has 330 valence electrons. The van der Waals surface area contributed by atoms with E-state index in [2.05, 4.69) is 25.5 Å². The van der Waals surface area contributed by atoms with E-state index in [0.717, 1.165) is 43.1 Å². The number of amides is 4. The number of fused-ring (bicyclic) bond motifs is 2. The summed E-state index contributed by atoms with van der Waals surface area (Å²) in [5.74, 6) is -2.93. The van der Waals surface area contributed by atoms with Crippen molar-refractivity contribution < 1.29 is 37.1 Å². The lowest BCUT2D eigenvalue weighted by Crippen LogP contribution is -2.57. The molecule has 2 saturated carbocycles. The van der Waals surface area contributed by atoms with Gasteiger partial charge in [-0.15, -0.1) is 0 Å². The fraction of sp³-hybridized carbons (Fsp3) is 0.489. The van der Waals surface area contributed by atoms with E-state index >= 15 is 4.39 Å². The Hall–Kier alpha value is -5.59. The van der Waals surface area contributed by atoms with Gasteiger partial charge in [0.05, 0.1) is 38.6 Å². The molecular formula is C45H49FN8O8S. The van der Waals surface area contributed by atoms with Gasteiger partial charge in [-0.3, -0.25) is 38.8 Å². The van der Waals surface area contributed by atoms with E-state index in [1.807, 2.05) is 4.90 Å². The molecule has 1 spiro atoms. The van der Waals surface area contributed by atoms with Gasteiger partial charge in [0, 0.05) is 48.9 Å². The summed E-state index contributed by atoms with van der Waals surface area (Å²) in [7, 11) is -3.59. The normalized spacial score (nSPS) is 25.8. The van der Waals surface area contributed by atoms with Gasteiger partial charge in [0.1, 0.15) is 17.5 Å². The zero-order chi connectivity index (χ0) is 44.0. The predicted molar refractivity (Wildman–Crippen MR) is 229 cm³/mol. The number of hydrogen-bond acceptors (Lipinski definition) is 13. The molecule has 63 heavy (non-hydrogen) atoms. The van der Waals surface area contributed by atoms with E-state index in [1.54, 1.807) is 48.0 Å². The zero-order valence-electron chi connectivity index (χ0n) is 34.9. The summed E-state index contributed by atoms with van der Waals surface area (Å²) in [5, 5.41) is 16.5. The number of likely N-dealkylation sites (tertiary alicyclic amines) is 1. The highest BCUT2D eigenvalue weighted by atomic mass is 32.2. The Bertz CT molecular complexity index is 2740. The molecular weight excluding hydrogens is 832 g/mol. The van der Waals surface area contributed by atoms with Crippen LogP contribution in [0.1, 0.15) is 104 Å². The minimum atomic E-state index is -3.59. The highest BCUT2D eigenvalue weighted by molar-refractivity contribution is 7.92. The maximum atomic E-state index is 15.5. The standard InChI is InChI=1S/C45H49FN8O8S/c1-44(60)14-2-3-36(44)54-38(56)11-4-26-25-47-43(50-39(26)54)48-27-5-7-29(8-6-27)63(61,62)30-12-17-51(18-13-30)28-23-45(24-28)15-19-52(20-16-45)35-22-32-31(21-33(35)46)41(58)53(42(32)59)34-9-10-37(55)49-40(34)57/h4-8,11,21-22,25,28,30,34,36,60H,2-3,9-10,12-20,23-24H2,1H3,(H,47,48,50)(H,49,55,57)/t34?,36-,44-/m1/s1. The molecule has 0 radical (unpaired) electrons. The molecule has 3 saturated heterocycles. The fourth-order valence-corrected chi connectivity index (χ4v) is 12.8. The Morgan fingerprint density at radius 1 is 0.873 bits per heavy atom. The van der Waals surface area contributed by atoms with Crippen molar-refractivity contribution in [1.82, 2.24) is 29.7 Å². The van der Waals surface area contributed by atoms with E-state index in [4.69, 9.17) is 0 Å². The Morgan fingerprint density at radius 3 is 2.24 bits per heavy atom. The highest BCUT2D eigenvalue weighted by Gasteiger charge is 2.50. The summed E-state index contributed by atoms with van der Waals surface area (Å²) in [6.07, 6.45) is 8.39. The van der Waals surface area contributed by atoms with Gasteiger partial charge in [-0.25, -0.2) is 17.8 Å². The first kappa shape index (κ1) is 41.4. The number of rotatable bonds is 8. The molecule has 10 rings (SSSR count). The van der Waals surface area contributed by atoms with Crippen LogP contribution in [0, 0.1) is 11.2 Å². The van der Waals surface area contributed by atoms with Crippen LogP contribution in [-0.2, 0) is 19.4 Å². The molecule has 2 aliphatic carbocycles. The highest BCUT2D eigenvalue weighted by Crippen LogP contribution is 2.52. The number of carbonyl (C=O) groups excluding carboxylic acids is 4. The number of anilines is 3. The minimum absolute atomic E-state index is 0.00232. The first-order chi connectivity index (χ1) is 30.1. The van der Waals surface area contributed by atoms with Crippen LogP contribution in [-0.4, -0.2) is 111 Å². The molecule has 3 atom stereocenters. The van der Waals surface area contributed by atoms with E-state index in [1.165, 1.54) is 12.1 Å². The Balaban J connectivity index is 0.725. The molecule has 16 nitrogen and oxygen atoms in total. The van der Waals surface area contributed by atoms with Gasteiger partial charge in [0.25, 0.3) is 17.4 Å². The van der Waals surface area contributed by atoms with Crippen LogP contribution >= 0.6 is 0 Å². The third-order valence-corrected chi connectivity index (χ3v) is 17.0. The van der Waals surface area contributed by atoms with Gasteiger partial charge in [0.2, 0.25) is 17.8 Å². The van der Waals surface area contributed by atoms with Crippen molar-refractivity contribution in [3.63, 3.8) is 0 Å². The van der Waals surface area contributed by atoms with Crippen molar-refractivity contribution in [2.75, 3.05) is 36.4 Å². The average Bonchev–Trinajstić information content (AvgIpc) is 3.72. The Labute approximate surface area is 362 Å². The van der Waals surface area contributed by atoms with E-state index < -0.39 is 62.2 Å². The maximum Gasteiger partial charge on any atom is 0.262 e. The second kappa shape index (κ2) is 15.3. The van der Waals surface area contributed by atoms with Crippen LogP contribution in [0.3, 0.4) is 0 Å². The second-order valence-electron chi connectivity index (χ2n) is 18.6. The number of piperidine rings is 3. The number of aliphatic hydroxyl groups is 1. The molecule has 6 heterocycles. The van der Waals surface area contributed by atoms with Gasteiger partial charge in [-0.2, -0.15) is 4.98 Å². The number of nitrogens with zero attached hydrogens (tertiary/aromatic N) is 6. The van der Waals surface area contributed by atoms with Crippen LogP contribution in [0.5, 0.6) is 0 Å². The summed E-state index contributed by atoms with van der Waals surface area (Å²) in [5.41, 5.74) is 0.0748. The van der Waals surface area contributed by atoms with Crippen LogP contribution in [0.4, 0.5) is 21.7 Å². The number of halogens is 1. The number of nitrogens with one attached hydrogen (secondary N) is 2. The average molecular weight is 881 g/mol. The number of sulfone groups is 1. The van der Waals surface area contributed by atoms with Crippen molar-refractivity contribution in [2.45, 2.75) is 111 Å². The summed E-state index contributed by atoms with van der Waals surface area (Å²) in [6.45, 7) is 4.27. The summed E-state index contributed by atoms with van der Waals surface area (Å²) in [4.78, 5) is 78.1. The first-order valence-corrected chi connectivity index (χ1v) is 23.4.